The zero-order chi connectivity index (χ0) is 9.84. The molecule has 0 radical (unpaired) electrons. The molecule has 0 aliphatic heterocycles. The molecular formula is C8H9BrO3S. The lowest BCUT2D eigenvalue weighted by Crippen LogP contribution is -2.19. The van der Waals surface area contributed by atoms with Crippen molar-refractivity contribution in [1.82, 2.24) is 0 Å². The van der Waals surface area contributed by atoms with Crippen LogP contribution < -0.4 is 0 Å². The fourth-order valence-electron chi connectivity index (χ4n) is 0.714. The maximum Gasteiger partial charge on any atom is 0.332 e. The van der Waals surface area contributed by atoms with Crippen LogP contribution >= 0.6 is 27.3 Å². The Hall–Kier alpha value is -0.390. The molecule has 0 saturated carbocycles. The summed E-state index contributed by atoms with van der Waals surface area (Å²) in [4.78, 5) is 10.4. The maximum atomic E-state index is 10.4. The largest absolute Gasteiger partial charge is 0.479 e. The molecule has 5 heteroatoms. The summed E-state index contributed by atoms with van der Waals surface area (Å²) in [5.41, 5.74) is 0.991. The summed E-state index contributed by atoms with van der Waals surface area (Å²) in [7, 11) is 0. The van der Waals surface area contributed by atoms with Crippen LogP contribution in [0.3, 0.4) is 0 Å². The van der Waals surface area contributed by atoms with E-state index in [4.69, 9.17) is 9.84 Å². The average Bonchev–Trinajstić information content (AvgIpc) is 2.47. The number of carboxylic acids is 1. The van der Waals surface area contributed by atoms with E-state index in [1.54, 1.807) is 11.3 Å². The summed E-state index contributed by atoms with van der Waals surface area (Å²) < 4.78 is 6.11. The van der Waals surface area contributed by atoms with Gasteiger partial charge in [0, 0.05) is 0 Å². The van der Waals surface area contributed by atoms with Crippen LogP contribution in [0.15, 0.2) is 15.2 Å². The Morgan fingerprint density at radius 1 is 1.85 bits per heavy atom. The zero-order valence-electron chi connectivity index (χ0n) is 6.99. The van der Waals surface area contributed by atoms with Crippen LogP contribution in [0.4, 0.5) is 0 Å². The molecule has 0 fully saturated rings. The van der Waals surface area contributed by atoms with E-state index >= 15 is 0 Å². The van der Waals surface area contributed by atoms with Gasteiger partial charge in [0.25, 0.3) is 0 Å². The summed E-state index contributed by atoms with van der Waals surface area (Å²) in [5.74, 6) is -0.936. The number of hydrogen-bond acceptors (Lipinski definition) is 3. The molecule has 1 heterocycles. The number of aliphatic carboxylic acids is 1. The third kappa shape index (κ3) is 3.46. The number of halogens is 1. The number of carbonyl (C=O) groups is 1. The van der Waals surface area contributed by atoms with E-state index in [-0.39, 0.29) is 0 Å². The Morgan fingerprint density at radius 2 is 2.54 bits per heavy atom. The molecule has 0 unspecified atom stereocenters. The number of rotatable bonds is 4. The molecule has 1 aromatic heterocycles. The highest BCUT2D eigenvalue weighted by Crippen LogP contribution is 2.21. The Balaban J connectivity index is 2.39. The zero-order valence-corrected chi connectivity index (χ0v) is 9.39. The summed E-state index contributed by atoms with van der Waals surface area (Å²) in [6.45, 7) is 1.86. The number of thiophene rings is 1. The molecule has 1 aromatic rings. The van der Waals surface area contributed by atoms with Crippen molar-refractivity contribution in [3.05, 3.63) is 20.8 Å². The van der Waals surface area contributed by atoms with Crippen molar-refractivity contribution in [3.63, 3.8) is 0 Å². The molecule has 1 atom stereocenters. The van der Waals surface area contributed by atoms with Gasteiger partial charge in [0.2, 0.25) is 0 Å². The van der Waals surface area contributed by atoms with Crippen molar-refractivity contribution in [2.45, 2.75) is 19.6 Å². The fraction of sp³-hybridized carbons (Fsp3) is 0.375. The average molecular weight is 265 g/mol. The molecule has 13 heavy (non-hydrogen) atoms. The second-order valence-electron chi connectivity index (χ2n) is 2.55. The molecule has 0 aliphatic rings. The first-order valence-electron chi connectivity index (χ1n) is 3.67. The van der Waals surface area contributed by atoms with Crippen LogP contribution in [-0.4, -0.2) is 17.2 Å². The van der Waals surface area contributed by atoms with E-state index in [1.165, 1.54) is 6.92 Å². The van der Waals surface area contributed by atoms with Gasteiger partial charge in [0.05, 0.1) is 10.4 Å². The standard InChI is InChI=1S/C8H9BrO3S/c1-5(8(10)11)12-3-6-2-7(9)13-4-6/h2,4-5H,3H2,1H3,(H,10,11)/t5-/m0/s1. The van der Waals surface area contributed by atoms with Crippen molar-refractivity contribution in [2.24, 2.45) is 0 Å². The lowest BCUT2D eigenvalue weighted by atomic mass is 10.3. The van der Waals surface area contributed by atoms with Crippen LogP contribution in [0, 0.1) is 0 Å². The fourth-order valence-corrected chi connectivity index (χ4v) is 1.91. The molecular weight excluding hydrogens is 256 g/mol. The molecule has 3 nitrogen and oxygen atoms in total. The minimum absolute atomic E-state index is 0.343. The lowest BCUT2D eigenvalue weighted by molar-refractivity contribution is -0.149. The molecule has 0 aliphatic carbocycles. The van der Waals surface area contributed by atoms with E-state index in [2.05, 4.69) is 15.9 Å². The van der Waals surface area contributed by atoms with Gasteiger partial charge in [0.1, 0.15) is 0 Å². The van der Waals surface area contributed by atoms with Gasteiger partial charge in [-0.15, -0.1) is 11.3 Å². The van der Waals surface area contributed by atoms with Crippen LogP contribution in [0.2, 0.25) is 0 Å². The van der Waals surface area contributed by atoms with E-state index in [9.17, 15) is 4.79 Å². The van der Waals surface area contributed by atoms with Gasteiger partial charge in [0.15, 0.2) is 6.10 Å². The quantitative estimate of drug-likeness (QED) is 0.909. The minimum atomic E-state index is -0.936. The molecule has 72 valence electrons. The predicted molar refractivity (Wildman–Crippen MR) is 53.9 cm³/mol. The second kappa shape index (κ2) is 4.74. The summed E-state index contributed by atoms with van der Waals surface area (Å²) in [6.07, 6.45) is -0.751. The van der Waals surface area contributed by atoms with E-state index in [0.717, 1.165) is 9.35 Å². The SMILES string of the molecule is C[C@H](OCc1csc(Br)c1)C(=O)O. The first-order valence-corrected chi connectivity index (χ1v) is 5.34. The molecule has 0 bridgehead atoms. The van der Waals surface area contributed by atoms with Gasteiger partial charge < -0.3 is 9.84 Å². The van der Waals surface area contributed by atoms with Gasteiger partial charge in [-0.2, -0.15) is 0 Å². The van der Waals surface area contributed by atoms with Gasteiger partial charge in [-0.25, -0.2) is 4.79 Å². The van der Waals surface area contributed by atoms with Gasteiger partial charge in [-0.3, -0.25) is 0 Å². The van der Waals surface area contributed by atoms with Crippen LogP contribution in [0.1, 0.15) is 12.5 Å². The van der Waals surface area contributed by atoms with Crippen molar-refractivity contribution in [3.8, 4) is 0 Å². The maximum absolute atomic E-state index is 10.4. The Labute approximate surface area is 88.5 Å². The highest BCUT2D eigenvalue weighted by molar-refractivity contribution is 9.11. The number of hydrogen-bond donors (Lipinski definition) is 1. The highest BCUT2D eigenvalue weighted by atomic mass is 79.9. The minimum Gasteiger partial charge on any atom is -0.479 e. The van der Waals surface area contributed by atoms with Gasteiger partial charge in [-0.05, 0) is 39.9 Å². The van der Waals surface area contributed by atoms with Crippen LogP contribution in [0.25, 0.3) is 0 Å². The summed E-state index contributed by atoms with van der Waals surface area (Å²) in [5, 5.41) is 10.5. The Morgan fingerprint density at radius 3 is 3.00 bits per heavy atom. The third-order valence-electron chi connectivity index (χ3n) is 1.47. The lowest BCUT2D eigenvalue weighted by Gasteiger charge is -2.06. The smallest absolute Gasteiger partial charge is 0.332 e. The van der Waals surface area contributed by atoms with Crippen molar-refractivity contribution < 1.29 is 14.6 Å². The molecule has 0 saturated heterocycles. The van der Waals surface area contributed by atoms with Crippen LogP contribution in [-0.2, 0) is 16.1 Å². The second-order valence-corrected chi connectivity index (χ2v) is 4.84. The molecule has 1 N–H and O–H groups in total. The normalized spacial score (nSPS) is 12.8. The monoisotopic (exact) mass is 264 g/mol. The topological polar surface area (TPSA) is 46.5 Å². The Kier molecular flexibility index (Phi) is 3.90. The third-order valence-corrected chi connectivity index (χ3v) is 3.02. The predicted octanol–water partition coefficient (Wildman–Crippen LogP) is 2.50. The summed E-state index contributed by atoms with van der Waals surface area (Å²) >= 11 is 4.87. The van der Waals surface area contributed by atoms with E-state index in [1.807, 2.05) is 11.4 Å². The molecule has 0 aromatic carbocycles. The van der Waals surface area contributed by atoms with Crippen LogP contribution in [0.5, 0.6) is 0 Å². The molecule has 0 spiro atoms. The summed E-state index contributed by atoms with van der Waals surface area (Å²) in [6, 6.07) is 1.92. The first-order chi connectivity index (χ1) is 6.09. The first kappa shape index (κ1) is 10.7. The van der Waals surface area contributed by atoms with Crippen molar-refractivity contribution in [1.29, 1.82) is 0 Å². The van der Waals surface area contributed by atoms with Gasteiger partial charge in [-0.1, -0.05) is 0 Å². The highest BCUT2D eigenvalue weighted by Gasteiger charge is 2.10. The van der Waals surface area contributed by atoms with E-state index < -0.39 is 12.1 Å². The number of carboxylic acid groups (broad SMARTS) is 1. The van der Waals surface area contributed by atoms with Crippen molar-refractivity contribution >= 4 is 33.2 Å². The molecule has 1 rings (SSSR count). The molecule has 0 amide bonds. The number of ether oxygens (including phenoxy) is 1. The van der Waals surface area contributed by atoms with Gasteiger partial charge >= 0.3 is 5.97 Å². The van der Waals surface area contributed by atoms with E-state index in [0.29, 0.717) is 6.61 Å². The van der Waals surface area contributed by atoms with Crippen molar-refractivity contribution in [2.75, 3.05) is 0 Å². The Bertz CT molecular complexity index is 297.